The average Bonchev–Trinajstić information content (AvgIpc) is 1.62. The van der Waals surface area contributed by atoms with Gasteiger partial charge in [0.1, 0.15) is 0 Å². The maximum atomic E-state index is 9.96. The molecule has 0 heterocycles. The van der Waals surface area contributed by atoms with E-state index in [1.54, 1.807) is 0 Å². The maximum absolute atomic E-state index is 9.96. The van der Waals surface area contributed by atoms with Crippen molar-refractivity contribution in [3.05, 3.63) is 0 Å². The van der Waals surface area contributed by atoms with Gasteiger partial charge in [0.2, 0.25) is 0 Å². The molecule has 0 radical (unpaired) electrons. The average molecular weight is 199 g/mol. The smallest absolute Gasteiger partial charge is 1.00 e. The third-order valence-corrected chi connectivity index (χ3v) is 1.89. The van der Waals surface area contributed by atoms with E-state index in [4.69, 9.17) is 21.3 Å². The van der Waals surface area contributed by atoms with Crippen LogP contribution in [0.5, 0.6) is 0 Å². The number of aliphatic hydroxyl groups excluding tert-OH is 1. The third kappa shape index (κ3) is 9.16. The van der Waals surface area contributed by atoms with Crippen LogP contribution in [0, 0.1) is 0 Å². The summed E-state index contributed by atoms with van der Waals surface area (Å²) in [7, 11) is -4.03. The van der Waals surface area contributed by atoms with Crippen LogP contribution < -0.4 is 29.6 Å². The zero-order valence-electron chi connectivity index (χ0n) is 6.49. The number of halogens is 1. The van der Waals surface area contributed by atoms with Crippen LogP contribution in [0.4, 0.5) is 0 Å². The second-order valence-electron chi connectivity index (χ2n) is 1.53. The molecule has 0 aromatic rings. The van der Waals surface area contributed by atoms with E-state index >= 15 is 0 Å². The molecule has 1 unspecified atom stereocenters. The van der Waals surface area contributed by atoms with E-state index in [-0.39, 0.29) is 31.0 Å². The topological polar surface area (TPSA) is 74.6 Å². The molecule has 0 aromatic carbocycles. The quantitative estimate of drug-likeness (QED) is 0.282. The Bertz CT molecular complexity index is 172. The molecule has 0 saturated heterocycles. The van der Waals surface area contributed by atoms with Gasteiger partial charge in [0.15, 0.2) is 0 Å². The second-order valence-corrected chi connectivity index (χ2v) is 3.64. The first-order chi connectivity index (χ1) is 3.95. The van der Waals surface area contributed by atoms with Crippen molar-refractivity contribution in [1.82, 2.24) is 0 Å². The third-order valence-electron chi connectivity index (χ3n) is 0.590. The van der Waals surface area contributed by atoms with Gasteiger partial charge in [0, 0.05) is 0 Å². The molecule has 0 rings (SSSR count). The minimum Gasteiger partial charge on any atom is -1.00 e. The summed E-state index contributed by atoms with van der Waals surface area (Å²) in [5.41, 5.74) is 0. The zero-order valence-corrected chi connectivity index (χ0v) is 9.06. The first kappa shape index (κ1) is 13.7. The minimum absolute atomic E-state index is 0. The predicted molar refractivity (Wildman–Crippen MR) is 34.3 cm³/mol. The summed E-state index contributed by atoms with van der Waals surface area (Å²) in [6.45, 7) is -0.457. The van der Waals surface area contributed by atoms with E-state index in [1.807, 2.05) is 0 Å². The van der Waals surface area contributed by atoms with Gasteiger partial charge in [-0.15, -0.1) is 11.6 Å². The molecular weight excluding hydrogens is 191 g/mol. The molecule has 0 fully saturated rings. The molecule has 10 heavy (non-hydrogen) atoms. The standard InChI is InChI=1S/C3H7ClO4S.Na.H/c4-3(1-5)2-9(6,7)8;;/h3,5H,1-2H2,(H,6,7,8);;/q;+1;-1. The monoisotopic (exact) mass is 198 g/mol. The van der Waals surface area contributed by atoms with Gasteiger partial charge in [-0.3, -0.25) is 4.55 Å². The largest absolute Gasteiger partial charge is 1.00 e. The van der Waals surface area contributed by atoms with Crippen LogP contribution in [0.1, 0.15) is 1.43 Å². The Balaban J connectivity index is -0.000000320. The Morgan fingerprint density at radius 2 is 2.00 bits per heavy atom. The first-order valence-corrected chi connectivity index (χ1v) is 4.20. The van der Waals surface area contributed by atoms with Crippen molar-refractivity contribution in [2.75, 3.05) is 12.4 Å². The van der Waals surface area contributed by atoms with Crippen molar-refractivity contribution < 1.29 is 49.1 Å². The molecule has 0 bridgehead atoms. The summed E-state index contributed by atoms with van der Waals surface area (Å²) in [5, 5.41) is 7.27. The summed E-state index contributed by atoms with van der Waals surface area (Å²) < 4.78 is 28.0. The molecule has 0 aliphatic heterocycles. The fourth-order valence-corrected chi connectivity index (χ4v) is 1.32. The Morgan fingerprint density at radius 1 is 1.60 bits per heavy atom. The Hall–Kier alpha value is 1.16. The molecule has 0 aliphatic carbocycles. The van der Waals surface area contributed by atoms with Crippen LogP contribution in [-0.4, -0.2) is 35.8 Å². The van der Waals surface area contributed by atoms with Gasteiger partial charge < -0.3 is 6.53 Å². The summed E-state index contributed by atoms with van der Waals surface area (Å²) in [4.78, 5) is 0. The summed E-state index contributed by atoms with van der Waals surface area (Å²) >= 11 is 5.16. The van der Waals surface area contributed by atoms with E-state index in [0.717, 1.165) is 0 Å². The van der Waals surface area contributed by atoms with Crippen LogP contribution in [0.15, 0.2) is 0 Å². The molecular formula is C3H8ClNaO4S. The number of hydrogen-bond acceptors (Lipinski definition) is 3. The zero-order chi connectivity index (χ0) is 7.49. The van der Waals surface area contributed by atoms with Crippen molar-refractivity contribution >= 4 is 21.7 Å². The van der Waals surface area contributed by atoms with Crippen LogP contribution in [0.3, 0.4) is 0 Å². The number of alkyl halides is 1. The fourth-order valence-electron chi connectivity index (χ4n) is 0.281. The minimum atomic E-state index is -4.03. The van der Waals surface area contributed by atoms with Gasteiger partial charge in [-0.2, -0.15) is 8.42 Å². The SMILES string of the molecule is O=S(=O)(O)CC(Cl)CO.[H-].[Na+]. The molecule has 4 nitrogen and oxygen atoms in total. The van der Waals surface area contributed by atoms with Crippen LogP contribution >= 0.6 is 11.6 Å². The molecule has 1 atom stereocenters. The molecule has 58 valence electrons. The second kappa shape index (κ2) is 5.77. The molecule has 0 aromatic heterocycles. The van der Waals surface area contributed by atoms with Crippen molar-refractivity contribution in [1.29, 1.82) is 0 Å². The normalized spacial score (nSPS) is 13.9. The van der Waals surface area contributed by atoms with Crippen molar-refractivity contribution in [3.8, 4) is 0 Å². The molecule has 0 saturated carbocycles. The van der Waals surface area contributed by atoms with E-state index in [9.17, 15) is 8.42 Å². The van der Waals surface area contributed by atoms with Crippen LogP contribution in [0.2, 0.25) is 0 Å². The van der Waals surface area contributed by atoms with Gasteiger partial charge in [-0.25, -0.2) is 0 Å². The molecule has 2 N–H and O–H groups in total. The predicted octanol–water partition coefficient (Wildman–Crippen LogP) is -3.41. The number of aliphatic hydroxyl groups is 1. The van der Waals surface area contributed by atoms with Gasteiger partial charge >= 0.3 is 29.6 Å². The first-order valence-electron chi connectivity index (χ1n) is 2.16. The Kier molecular flexibility index (Phi) is 7.92. The van der Waals surface area contributed by atoms with E-state index < -0.39 is 27.9 Å². The van der Waals surface area contributed by atoms with Crippen LogP contribution in [0.25, 0.3) is 0 Å². The van der Waals surface area contributed by atoms with E-state index in [0.29, 0.717) is 0 Å². The van der Waals surface area contributed by atoms with Crippen molar-refractivity contribution in [3.63, 3.8) is 0 Å². The van der Waals surface area contributed by atoms with Crippen LogP contribution in [-0.2, 0) is 10.1 Å². The van der Waals surface area contributed by atoms with E-state index in [1.165, 1.54) is 0 Å². The molecule has 0 spiro atoms. The Labute approximate surface area is 88.1 Å². The number of hydrogen-bond donors (Lipinski definition) is 2. The summed E-state index contributed by atoms with van der Waals surface area (Å²) in [6, 6.07) is 0. The fraction of sp³-hybridized carbons (Fsp3) is 1.00. The molecule has 7 heteroatoms. The van der Waals surface area contributed by atoms with E-state index in [2.05, 4.69) is 0 Å². The Morgan fingerprint density at radius 3 is 2.10 bits per heavy atom. The van der Waals surface area contributed by atoms with Crippen molar-refractivity contribution in [2.45, 2.75) is 5.38 Å². The summed E-state index contributed by atoms with van der Waals surface area (Å²) in [6.07, 6.45) is 0. The van der Waals surface area contributed by atoms with Gasteiger partial charge in [0.25, 0.3) is 10.1 Å². The van der Waals surface area contributed by atoms with Gasteiger partial charge in [-0.05, 0) is 0 Å². The van der Waals surface area contributed by atoms with Gasteiger partial charge in [-0.1, -0.05) is 0 Å². The summed E-state index contributed by atoms with van der Waals surface area (Å²) in [5.74, 6) is -0.606. The maximum Gasteiger partial charge on any atom is 1.00 e. The molecule has 0 aliphatic rings. The van der Waals surface area contributed by atoms with Crippen molar-refractivity contribution in [2.24, 2.45) is 0 Å². The van der Waals surface area contributed by atoms with Gasteiger partial charge in [0.05, 0.1) is 17.7 Å². The molecule has 0 amide bonds. The number of rotatable bonds is 3.